The van der Waals surface area contributed by atoms with Gasteiger partial charge in [0.1, 0.15) is 11.9 Å². The zero-order valence-corrected chi connectivity index (χ0v) is 10.3. The van der Waals surface area contributed by atoms with Gasteiger partial charge in [0.25, 0.3) is 5.91 Å². The third kappa shape index (κ3) is 1.70. The second-order valence-electron chi connectivity index (χ2n) is 4.76. The van der Waals surface area contributed by atoms with Crippen molar-refractivity contribution in [1.82, 2.24) is 10.2 Å². The molecule has 0 aromatic heterocycles. The second-order valence-corrected chi connectivity index (χ2v) is 4.76. The Morgan fingerprint density at radius 1 is 1.30 bits per heavy atom. The maximum atomic E-state index is 13.7. The van der Waals surface area contributed by atoms with Crippen LogP contribution < -0.4 is 5.32 Å². The molecule has 0 saturated carbocycles. The van der Waals surface area contributed by atoms with E-state index in [0.717, 1.165) is 11.0 Å². The molecule has 2 unspecified atom stereocenters. The first-order chi connectivity index (χ1) is 9.50. The SMILES string of the molecule is O=C1CCC(N2C(=O)c3c(F)cccc3C2O)C(=O)N1. The lowest BCUT2D eigenvalue weighted by molar-refractivity contribution is -0.139. The van der Waals surface area contributed by atoms with Gasteiger partial charge >= 0.3 is 0 Å². The first-order valence-corrected chi connectivity index (χ1v) is 6.13. The highest BCUT2D eigenvalue weighted by Gasteiger charge is 2.45. The van der Waals surface area contributed by atoms with Crippen molar-refractivity contribution in [3.63, 3.8) is 0 Å². The van der Waals surface area contributed by atoms with Crippen molar-refractivity contribution in [3.8, 4) is 0 Å². The number of benzene rings is 1. The van der Waals surface area contributed by atoms with E-state index in [9.17, 15) is 23.9 Å². The monoisotopic (exact) mass is 278 g/mol. The number of imide groups is 1. The van der Waals surface area contributed by atoms with Crippen LogP contribution in [0, 0.1) is 5.82 Å². The molecule has 1 fully saturated rings. The summed E-state index contributed by atoms with van der Waals surface area (Å²) >= 11 is 0. The van der Waals surface area contributed by atoms with Gasteiger partial charge in [-0.1, -0.05) is 12.1 Å². The topological polar surface area (TPSA) is 86.7 Å². The molecule has 0 spiro atoms. The molecule has 104 valence electrons. The molecule has 1 saturated heterocycles. The van der Waals surface area contributed by atoms with Crippen molar-refractivity contribution in [2.24, 2.45) is 0 Å². The van der Waals surface area contributed by atoms with Gasteiger partial charge in [-0.05, 0) is 12.5 Å². The third-order valence-corrected chi connectivity index (χ3v) is 3.58. The van der Waals surface area contributed by atoms with Crippen LogP contribution in [0.4, 0.5) is 4.39 Å². The number of aliphatic hydroxyl groups excluding tert-OH is 1. The van der Waals surface area contributed by atoms with Crippen LogP contribution in [0.3, 0.4) is 0 Å². The molecule has 2 aliphatic heterocycles. The number of fused-ring (bicyclic) bond motifs is 1. The second kappa shape index (κ2) is 4.38. The lowest BCUT2D eigenvalue weighted by Crippen LogP contribution is -2.53. The largest absolute Gasteiger partial charge is 0.369 e. The molecule has 0 aliphatic carbocycles. The predicted molar refractivity (Wildman–Crippen MR) is 63.7 cm³/mol. The molecule has 1 aromatic carbocycles. The van der Waals surface area contributed by atoms with Gasteiger partial charge in [0, 0.05) is 12.0 Å². The number of amides is 3. The first kappa shape index (κ1) is 12.7. The predicted octanol–water partition coefficient (Wildman–Crippen LogP) is 0.0776. The van der Waals surface area contributed by atoms with Crippen LogP contribution >= 0.6 is 0 Å². The molecule has 20 heavy (non-hydrogen) atoms. The van der Waals surface area contributed by atoms with E-state index in [2.05, 4.69) is 5.32 Å². The van der Waals surface area contributed by atoms with Crippen LogP contribution in [0.1, 0.15) is 35.0 Å². The van der Waals surface area contributed by atoms with Crippen LogP contribution in [0.25, 0.3) is 0 Å². The molecule has 2 heterocycles. The molecule has 2 aliphatic rings. The summed E-state index contributed by atoms with van der Waals surface area (Å²) in [4.78, 5) is 36.0. The summed E-state index contributed by atoms with van der Waals surface area (Å²) in [5.41, 5.74) is -0.0793. The zero-order chi connectivity index (χ0) is 14.4. The summed E-state index contributed by atoms with van der Waals surface area (Å²) in [5, 5.41) is 12.3. The first-order valence-electron chi connectivity index (χ1n) is 6.13. The van der Waals surface area contributed by atoms with E-state index >= 15 is 0 Å². The quantitative estimate of drug-likeness (QED) is 0.712. The Kier molecular flexibility index (Phi) is 2.79. The maximum Gasteiger partial charge on any atom is 0.260 e. The smallest absolute Gasteiger partial charge is 0.260 e. The summed E-state index contributed by atoms with van der Waals surface area (Å²) in [6.45, 7) is 0. The van der Waals surface area contributed by atoms with E-state index in [1.54, 1.807) is 0 Å². The van der Waals surface area contributed by atoms with E-state index in [1.807, 2.05) is 0 Å². The molecule has 0 radical (unpaired) electrons. The van der Waals surface area contributed by atoms with Gasteiger partial charge in [0.15, 0.2) is 6.23 Å². The normalized spacial score (nSPS) is 25.7. The molecular formula is C13H11FN2O4. The number of nitrogens with one attached hydrogen (secondary N) is 1. The Bertz CT molecular complexity index is 631. The zero-order valence-electron chi connectivity index (χ0n) is 10.3. The summed E-state index contributed by atoms with van der Waals surface area (Å²) < 4.78 is 13.7. The molecule has 7 heteroatoms. The summed E-state index contributed by atoms with van der Waals surface area (Å²) in [6, 6.07) is 2.98. The van der Waals surface area contributed by atoms with Gasteiger partial charge in [-0.15, -0.1) is 0 Å². The maximum absolute atomic E-state index is 13.7. The number of carbonyl (C=O) groups excluding carboxylic acids is 3. The van der Waals surface area contributed by atoms with Gasteiger partial charge in [0.05, 0.1) is 5.56 Å². The fourth-order valence-corrected chi connectivity index (χ4v) is 2.63. The molecule has 3 rings (SSSR count). The number of hydrogen-bond donors (Lipinski definition) is 2. The van der Waals surface area contributed by atoms with E-state index in [0.29, 0.717) is 0 Å². The van der Waals surface area contributed by atoms with Crippen molar-refractivity contribution in [3.05, 3.63) is 35.1 Å². The van der Waals surface area contributed by atoms with Crippen LogP contribution in [0.2, 0.25) is 0 Å². The molecule has 2 atom stereocenters. The highest BCUT2D eigenvalue weighted by Crippen LogP contribution is 2.36. The number of carbonyl (C=O) groups is 3. The fourth-order valence-electron chi connectivity index (χ4n) is 2.63. The Morgan fingerprint density at radius 2 is 2.05 bits per heavy atom. The van der Waals surface area contributed by atoms with Crippen molar-refractivity contribution < 1.29 is 23.9 Å². The van der Waals surface area contributed by atoms with E-state index in [1.165, 1.54) is 12.1 Å². The van der Waals surface area contributed by atoms with Gasteiger partial charge in [-0.3, -0.25) is 24.6 Å². The van der Waals surface area contributed by atoms with E-state index < -0.39 is 35.8 Å². The van der Waals surface area contributed by atoms with Crippen molar-refractivity contribution in [2.75, 3.05) is 0 Å². The van der Waals surface area contributed by atoms with Crippen molar-refractivity contribution >= 4 is 17.7 Å². The Hall–Kier alpha value is -2.28. The minimum absolute atomic E-state index is 0.0751. The highest BCUT2D eigenvalue weighted by atomic mass is 19.1. The molecule has 2 N–H and O–H groups in total. The lowest BCUT2D eigenvalue weighted by Gasteiger charge is -2.31. The molecular weight excluding hydrogens is 267 g/mol. The van der Waals surface area contributed by atoms with Gasteiger partial charge in [-0.2, -0.15) is 0 Å². The van der Waals surface area contributed by atoms with Gasteiger partial charge < -0.3 is 5.11 Å². The van der Waals surface area contributed by atoms with E-state index in [4.69, 9.17) is 0 Å². The van der Waals surface area contributed by atoms with Crippen molar-refractivity contribution in [2.45, 2.75) is 25.1 Å². The van der Waals surface area contributed by atoms with Crippen LogP contribution in [-0.2, 0) is 9.59 Å². The number of rotatable bonds is 1. The Balaban J connectivity index is 1.98. The van der Waals surface area contributed by atoms with Crippen LogP contribution in [-0.4, -0.2) is 33.8 Å². The standard InChI is InChI=1S/C13H11FN2O4/c14-7-3-1-2-6-10(7)13(20)16(12(6)19)8-4-5-9(17)15-11(8)18/h1-3,8,12,19H,4-5H2,(H,15,17,18). The third-order valence-electron chi connectivity index (χ3n) is 3.58. The van der Waals surface area contributed by atoms with Crippen LogP contribution in [0.5, 0.6) is 0 Å². The molecule has 0 bridgehead atoms. The number of hydrogen-bond acceptors (Lipinski definition) is 4. The van der Waals surface area contributed by atoms with E-state index in [-0.39, 0.29) is 24.0 Å². The Morgan fingerprint density at radius 3 is 2.70 bits per heavy atom. The summed E-state index contributed by atoms with van der Waals surface area (Å²) in [7, 11) is 0. The number of nitrogens with zero attached hydrogens (tertiary/aromatic N) is 1. The molecule has 3 amide bonds. The lowest BCUT2D eigenvalue weighted by atomic mass is 10.0. The number of halogens is 1. The molecule has 6 nitrogen and oxygen atoms in total. The molecule has 1 aromatic rings. The number of piperidine rings is 1. The number of aliphatic hydroxyl groups is 1. The summed E-state index contributed by atoms with van der Waals surface area (Å²) in [5.74, 6) is -2.54. The average Bonchev–Trinajstić information content (AvgIpc) is 2.64. The Labute approximate surface area is 113 Å². The summed E-state index contributed by atoms with van der Waals surface area (Å²) in [6.07, 6.45) is -1.19. The van der Waals surface area contributed by atoms with Gasteiger partial charge in [-0.25, -0.2) is 4.39 Å². The van der Waals surface area contributed by atoms with Crippen LogP contribution in [0.15, 0.2) is 18.2 Å². The van der Waals surface area contributed by atoms with Gasteiger partial charge in [0.2, 0.25) is 11.8 Å². The minimum Gasteiger partial charge on any atom is -0.369 e. The highest BCUT2D eigenvalue weighted by molar-refractivity contribution is 6.05. The minimum atomic E-state index is -1.38. The average molecular weight is 278 g/mol. The fraction of sp³-hybridized carbons (Fsp3) is 0.308. The van der Waals surface area contributed by atoms with Crippen molar-refractivity contribution in [1.29, 1.82) is 0 Å².